The van der Waals surface area contributed by atoms with E-state index in [1.807, 2.05) is 4.90 Å². The number of carbonyl (C=O) groups is 1. The largest absolute Gasteiger partial charge is 0.573 e. The van der Waals surface area contributed by atoms with Crippen molar-refractivity contribution in [2.45, 2.75) is 17.7 Å². The van der Waals surface area contributed by atoms with Gasteiger partial charge in [-0.2, -0.15) is 0 Å². The molecule has 0 bridgehead atoms. The quantitative estimate of drug-likeness (QED) is 0.381. The molecule has 8 nitrogen and oxygen atoms in total. The van der Waals surface area contributed by atoms with E-state index in [1.165, 1.54) is 60.5 Å². The molecule has 0 spiro atoms. The van der Waals surface area contributed by atoms with Gasteiger partial charge in [-0.1, -0.05) is 24.3 Å². The number of anilines is 1. The Morgan fingerprint density at radius 3 is 2.27 bits per heavy atom. The second-order valence-corrected chi connectivity index (χ2v) is 10.7. The summed E-state index contributed by atoms with van der Waals surface area (Å²) in [5, 5.41) is 0. The number of piperazine rings is 1. The lowest BCUT2D eigenvalue weighted by molar-refractivity contribution is -0.274. The highest BCUT2D eigenvalue weighted by Crippen LogP contribution is 2.33. The Morgan fingerprint density at radius 1 is 0.950 bits per heavy atom. The minimum atomic E-state index is -4.94. The standard InChI is InChI=1S/C27H27F4N3O5S/c1-38-25-11-10-21(40(36,37)32-13-12-19-6-8-20(28)9-7-19)18-23(25)33-14-16-34(17-15-33)26(35)22-4-2-3-5-24(22)39-27(29,30)31/h2-11,18,32H,12-17H2,1H3. The van der Waals surface area contributed by atoms with E-state index >= 15 is 0 Å². The Kier molecular flexibility index (Phi) is 8.84. The Bertz CT molecular complexity index is 1440. The molecule has 1 amide bonds. The van der Waals surface area contributed by atoms with Gasteiger partial charge in [0.15, 0.2) is 0 Å². The molecule has 214 valence electrons. The average Bonchev–Trinajstić information content (AvgIpc) is 2.93. The van der Waals surface area contributed by atoms with Gasteiger partial charge in [0.25, 0.3) is 5.91 Å². The number of halogens is 4. The fourth-order valence-electron chi connectivity index (χ4n) is 4.33. The predicted molar refractivity (Wildman–Crippen MR) is 140 cm³/mol. The molecule has 3 aromatic carbocycles. The van der Waals surface area contributed by atoms with Crippen molar-refractivity contribution in [3.8, 4) is 11.5 Å². The molecule has 1 fully saturated rings. The van der Waals surface area contributed by atoms with Crippen LogP contribution in [0.15, 0.2) is 71.6 Å². The number of alkyl halides is 3. The highest BCUT2D eigenvalue weighted by atomic mass is 32.2. The zero-order valence-electron chi connectivity index (χ0n) is 21.4. The third-order valence-corrected chi connectivity index (χ3v) is 7.79. The van der Waals surface area contributed by atoms with E-state index in [0.717, 1.165) is 11.6 Å². The molecular weight excluding hydrogens is 554 g/mol. The first-order valence-corrected chi connectivity index (χ1v) is 13.8. The molecule has 4 rings (SSSR count). The maximum atomic E-state index is 13.1. The molecular formula is C27H27F4N3O5S. The number of rotatable bonds is 9. The van der Waals surface area contributed by atoms with Crippen LogP contribution in [0.5, 0.6) is 11.5 Å². The zero-order valence-corrected chi connectivity index (χ0v) is 22.3. The lowest BCUT2D eigenvalue weighted by Crippen LogP contribution is -2.49. The number of nitrogens with one attached hydrogen (secondary N) is 1. The fourth-order valence-corrected chi connectivity index (χ4v) is 5.38. The molecule has 40 heavy (non-hydrogen) atoms. The minimum Gasteiger partial charge on any atom is -0.495 e. The number of benzene rings is 3. The molecule has 3 aromatic rings. The molecule has 1 heterocycles. The monoisotopic (exact) mass is 581 g/mol. The lowest BCUT2D eigenvalue weighted by atomic mass is 10.1. The summed E-state index contributed by atoms with van der Waals surface area (Å²) in [6, 6.07) is 15.4. The van der Waals surface area contributed by atoms with Gasteiger partial charge >= 0.3 is 6.36 Å². The molecule has 13 heteroatoms. The summed E-state index contributed by atoms with van der Waals surface area (Å²) < 4.78 is 89.4. The van der Waals surface area contributed by atoms with Gasteiger partial charge in [-0.25, -0.2) is 17.5 Å². The van der Waals surface area contributed by atoms with Gasteiger partial charge in [0.2, 0.25) is 10.0 Å². The number of sulfonamides is 1. The van der Waals surface area contributed by atoms with E-state index in [-0.39, 0.29) is 49.0 Å². The van der Waals surface area contributed by atoms with Crippen molar-refractivity contribution < 1.29 is 40.2 Å². The summed E-state index contributed by atoms with van der Waals surface area (Å²) in [6.07, 6.45) is -4.57. The summed E-state index contributed by atoms with van der Waals surface area (Å²) >= 11 is 0. The van der Waals surface area contributed by atoms with Crippen molar-refractivity contribution in [3.63, 3.8) is 0 Å². The second-order valence-electron chi connectivity index (χ2n) is 8.93. The van der Waals surface area contributed by atoms with Gasteiger partial charge in [-0.3, -0.25) is 4.79 Å². The van der Waals surface area contributed by atoms with Gasteiger partial charge < -0.3 is 19.3 Å². The van der Waals surface area contributed by atoms with Crippen LogP contribution in [-0.2, 0) is 16.4 Å². The summed E-state index contributed by atoms with van der Waals surface area (Å²) in [6.45, 7) is 1.03. The molecule has 1 saturated heterocycles. The van der Waals surface area contributed by atoms with Crippen molar-refractivity contribution in [1.82, 2.24) is 9.62 Å². The number of para-hydroxylation sites is 1. The van der Waals surface area contributed by atoms with Crippen molar-refractivity contribution in [2.24, 2.45) is 0 Å². The summed E-state index contributed by atoms with van der Waals surface area (Å²) in [5.74, 6) is -1.13. The minimum absolute atomic E-state index is 0.0131. The number of ether oxygens (including phenoxy) is 2. The Balaban J connectivity index is 1.43. The van der Waals surface area contributed by atoms with Gasteiger partial charge in [0.1, 0.15) is 17.3 Å². The fraction of sp³-hybridized carbons (Fsp3) is 0.296. The first-order chi connectivity index (χ1) is 19.0. The first kappa shape index (κ1) is 29.2. The maximum absolute atomic E-state index is 13.1. The van der Waals surface area contributed by atoms with Gasteiger partial charge in [0.05, 0.1) is 23.3 Å². The first-order valence-electron chi connectivity index (χ1n) is 12.3. The topological polar surface area (TPSA) is 88.2 Å². The SMILES string of the molecule is COc1ccc(S(=O)(=O)NCCc2ccc(F)cc2)cc1N1CCN(C(=O)c2ccccc2OC(F)(F)F)CC1. The van der Waals surface area contributed by atoms with Crippen LogP contribution in [0.25, 0.3) is 0 Å². The van der Waals surface area contributed by atoms with E-state index in [4.69, 9.17) is 4.74 Å². The van der Waals surface area contributed by atoms with E-state index in [0.29, 0.717) is 17.9 Å². The van der Waals surface area contributed by atoms with E-state index in [9.17, 15) is 30.8 Å². The smallest absolute Gasteiger partial charge is 0.495 e. The van der Waals surface area contributed by atoms with Crippen molar-refractivity contribution in [3.05, 3.63) is 83.7 Å². The molecule has 1 N–H and O–H groups in total. The van der Waals surface area contributed by atoms with Crippen molar-refractivity contribution in [2.75, 3.05) is 44.7 Å². The third-order valence-electron chi connectivity index (χ3n) is 6.33. The number of hydrogen-bond acceptors (Lipinski definition) is 6. The molecule has 1 aliphatic heterocycles. The Morgan fingerprint density at radius 2 is 1.62 bits per heavy atom. The highest BCUT2D eigenvalue weighted by Gasteiger charge is 2.34. The number of amides is 1. The van der Waals surface area contributed by atoms with Crippen LogP contribution in [-0.4, -0.2) is 65.4 Å². The van der Waals surface area contributed by atoms with Gasteiger partial charge in [-0.05, 0) is 54.4 Å². The van der Waals surface area contributed by atoms with Crippen LogP contribution >= 0.6 is 0 Å². The predicted octanol–water partition coefficient (Wildman–Crippen LogP) is 4.22. The molecule has 0 radical (unpaired) electrons. The highest BCUT2D eigenvalue weighted by molar-refractivity contribution is 7.89. The second kappa shape index (κ2) is 12.1. The Labute approximate surface area is 229 Å². The van der Waals surface area contributed by atoms with Crippen LogP contribution in [0, 0.1) is 5.82 Å². The number of hydrogen-bond donors (Lipinski definition) is 1. The summed E-state index contributed by atoms with van der Waals surface area (Å²) in [4.78, 5) is 16.3. The number of carbonyl (C=O) groups excluding carboxylic acids is 1. The van der Waals surface area contributed by atoms with Crippen LogP contribution in [0.4, 0.5) is 23.2 Å². The van der Waals surface area contributed by atoms with E-state index < -0.39 is 28.0 Å². The molecule has 0 atom stereocenters. The number of nitrogens with zero attached hydrogens (tertiary/aromatic N) is 2. The molecule has 0 saturated carbocycles. The maximum Gasteiger partial charge on any atom is 0.573 e. The normalized spacial score (nSPS) is 14.2. The van der Waals surface area contributed by atoms with Crippen LogP contribution in [0.2, 0.25) is 0 Å². The third kappa shape index (κ3) is 7.21. The average molecular weight is 582 g/mol. The van der Waals surface area contributed by atoms with Crippen LogP contribution in [0.1, 0.15) is 15.9 Å². The van der Waals surface area contributed by atoms with Gasteiger partial charge in [-0.15, -0.1) is 13.2 Å². The molecule has 0 aliphatic carbocycles. The zero-order chi connectivity index (χ0) is 28.9. The van der Waals surface area contributed by atoms with Crippen LogP contribution in [0.3, 0.4) is 0 Å². The van der Waals surface area contributed by atoms with Crippen molar-refractivity contribution >= 4 is 21.6 Å². The Hall–Kier alpha value is -3.84. The van der Waals surface area contributed by atoms with E-state index in [1.54, 1.807) is 12.1 Å². The lowest BCUT2D eigenvalue weighted by Gasteiger charge is -2.37. The van der Waals surface area contributed by atoms with Crippen molar-refractivity contribution in [1.29, 1.82) is 0 Å². The summed E-state index contributed by atoms with van der Waals surface area (Å²) in [7, 11) is -2.43. The van der Waals surface area contributed by atoms with Gasteiger partial charge in [0, 0.05) is 32.7 Å². The summed E-state index contributed by atoms with van der Waals surface area (Å²) in [5.41, 5.74) is 1.07. The molecule has 1 aliphatic rings. The van der Waals surface area contributed by atoms with E-state index in [2.05, 4.69) is 9.46 Å². The number of methoxy groups -OCH3 is 1. The molecule has 0 unspecified atom stereocenters. The molecule has 0 aromatic heterocycles. The van der Waals surface area contributed by atoms with Crippen LogP contribution < -0.4 is 19.1 Å².